The zero-order valence-electron chi connectivity index (χ0n) is 13.7. The Bertz CT molecular complexity index is 1010. The summed E-state index contributed by atoms with van der Waals surface area (Å²) in [5.41, 5.74) is 4.38. The highest BCUT2D eigenvalue weighted by atomic mass is 35.5. The molecule has 0 saturated heterocycles. The first-order valence-corrected chi connectivity index (χ1v) is 9.20. The maximum atomic E-state index is 6.25. The van der Waals surface area contributed by atoms with Gasteiger partial charge in [0, 0.05) is 27.7 Å². The van der Waals surface area contributed by atoms with E-state index in [1.54, 1.807) is 17.5 Å². The Morgan fingerprint density at radius 3 is 2.64 bits per heavy atom. The molecule has 124 valence electrons. The lowest BCUT2D eigenvalue weighted by atomic mass is 10.0. The molecule has 0 amide bonds. The molecule has 5 heteroatoms. The van der Waals surface area contributed by atoms with Crippen LogP contribution in [0.1, 0.15) is 10.6 Å². The van der Waals surface area contributed by atoms with Crippen molar-refractivity contribution < 1.29 is 0 Å². The van der Waals surface area contributed by atoms with E-state index in [4.69, 9.17) is 11.6 Å². The zero-order valence-corrected chi connectivity index (χ0v) is 15.2. The molecule has 4 rings (SSSR count). The number of anilines is 1. The van der Waals surface area contributed by atoms with Crippen molar-refractivity contribution in [2.45, 2.75) is 13.5 Å². The lowest BCUT2D eigenvalue weighted by molar-refractivity contribution is 1.05. The molecular formula is C20H16ClN3S. The third-order valence-electron chi connectivity index (χ3n) is 4.06. The number of aryl methyl sites for hydroxylation is 1. The molecule has 3 nitrogen and oxygen atoms in total. The lowest BCUT2D eigenvalue weighted by Gasteiger charge is -2.10. The van der Waals surface area contributed by atoms with Gasteiger partial charge >= 0.3 is 0 Å². The Hall–Kier alpha value is -2.43. The van der Waals surface area contributed by atoms with Crippen LogP contribution in [0.4, 0.5) is 5.69 Å². The summed E-state index contributed by atoms with van der Waals surface area (Å²) in [6.45, 7) is 2.77. The van der Waals surface area contributed by atoms with E-state index in [0.29, 0.717) is 11.7 Å². The van der Waals surface area contributed by atoms with Crippen molar-refractivity contribution in [1.82, 2.24) is 9.97 Å². The molecule has 1 aromatic carbocycles. The van der Waals surface area contributed by atoms with Crippen LogP contribution in [0, 0.1) is 6.92 Å². The van der Waals surface area contributed by atoms with Gasteiger partial charge in [0.1, 0.15) is 9.98 Å². The van der Waals surface area contributed by atoms with Gasteiger partial charge in [0.15, 0.2) is 0 Å². The van der Waals surface area contributed by atoms with Crippen molar-refractivity contribution in [3.05, 3.63) is 76.5 Å². The molecule has 0 aliphatic carbocycles. The van der Waals surface area contributed by atoms with Crippen molar-refractivity contribution in [2.24, 2.45) is 0 Å². The Morgan fingerprint density at radius 1 is 1.08 bits per heavy atom. The summed E-state index contributed by atoms with van der Waals surface area (Å²) in [7, 11) is 0. The predicted octanol–water partition coefficient (Wildman–Crippen LogP) is 5.93. The minimum atomic E-state index is 0.497. The third kappa shape index (κ3) is 3.23. The average molecular weight is 366 g/mol. The van der Waals surface area contributed by atoms with Crippen LogP contribution in [0.5, 0.6) is 0 Å². The first-order chi connectivity index (χ1) is 12.2. The minimum absolute atomic E-state index is 0.497. The SMILES string of the molecule is Cc1sc2nc(Cl)cc(NCc3ccccn3)c2c1-c1ccccc1. The molecule has 3 aromatic heterocycles. The van der Waals surface area contributed by atoms with Crippen LogP contribution >= 0.6 is 22.9 Å². The average Bonchev–Trinajstić information content (AvgIpc) is 2.97. The van der Waals surface area contributed by atoms with Crippen molar-refractivity contribution in [2.75, 3.05) is 5.32 Å². The number of hydrogen-bond donors (Lipinski definition) is 1. The molecule has 0 aliphatic heterocycles. The number of thiophene rings is 1. The van der Waals surface area contributed by atoms with Gasteiger partial charge in [-0.15, -0.1) is 11.3 Å². The number of hydrogen-bond acceptors (Lipinski definition) is 4. The predicted molar refractivity (Wildman–Crippen MR) is 106 cm³/mol. The van der Waals surface area contributed by atoms with E-state index < -0.39 is 0 Å². The molecule has 0 fully saturated rings. The van der Waals surface area contributed by atoms with Gasteiger partial charge in [0.25, 0.3) is 0 Å². The molecule has 0 saturated carbocycles. The van der Waals surface area contributed by atoms with Gasteiger partial charge in [0.05, 0.1) is 12.2 Å². The number of benzene rings is 1. The van der Waals surface area contributed by atoms with E-state index in [9.17, 15) is 0 Å². The molecule has 4 aromatic rings. The smallest absolute Gasteiger partial charge is 0.132 e. The molecule has 3 heterocycles. The summed E-state index contributed by atoms with van der Waals surface area (Å²) in [6.07, 6.45) is 1.80. The van der Waals surface area contributed by atoms with Gasteiger partial charge in [-0.2, -0.15) is 0 Å². The van der Waals surface area contributed by atoms with Gasteiger partial charge in [-0.1, -0.05) is 48.0 Å². The molecule has 0 aliphatic rings. The van der Waals surface area contributed by atoms with Crippen LogP contribution < -0.4 is 5.32 Å². The van der Waals surface area contributed by atoms with Crippen LogP contribution in [0.2, 0.25) is 5.15 Å². The maximum Gasteiger partial charge on any atom is 0.132 e. The fourth-order valence-electron chi connectivity index (χ4n) is 2.96. The Morgan fingerprint density at radius 2 is 1.88 bits per heavy atom. The van der Waals surface area contributed by atoms with E-state index in [1.807, 2.05) is 30.3 Å². The summed E-state index contributed by atoms with van der Waals surface area (Å²) in [5.74, 6) is 0. The fourth-order valence-corrected chi connectivity index (χ4v) is 4.27. The minimum Gasteiger partial charge on any atom is -0.379 e. The number of nitrogens with zero attached hydrogens (tertiary/aromatic N) is 2. The second-order valence-electron chi connectivity index (χ2n) is 5.75. The Labute approximate surface area is 155 Å². The third-order valence-corrected chi connectivity index (χ3v) is 5.25. The van der Waals surface area contributed by atoms with Crippen molar-refractivity contribution in [1.29, 1.82) is 0 Å². The van der Waals surface area contributed by atoms with Crippen LogP contribution in [-0.2, 0) is 6.54 Å². The highest BCUT2D eigenvalue weighted by Gasteiger charge is 2.16. The van der Waals surface area contributed by atoms with Crippen LogP contribution in [-0.4, -0.2) is 9.97 Å². The molecule has 0 unspecified atom stereocenters. The van der Waals surface area contributed by atoms with Gasteiger partial charge in [-0.25, -0.2) is 4.98 Å². The van der Waals surface area contributed by atoms with Gasteiger partial charge in [-0.3, -0.25) is 4.98 Å². The maximum absolute atomic E-state index is 6.25. The van der Waals surface area contributed by atoms with Crippen molar-refractivity contribution >= 4 is 38.8 Å². The topological polar surface area (TPSA) is 37.8 Å². The van der Waals surface area contributed by atoms with E-state index in [1.165, 1.54) is 16.0 Å². The standard InChI is InChI=1S/C20H16ClN3S/c1-13-18(14-7-3-2-4-8-14)19-16(11-17(21)24-20(19)25-13)23-12-15-9-5-6-10-22-15/h2-11H,12H2,1H3,(H,23,24). The number of pyridine rings is 2. The quantitative estimate of drug-likeness (QED) is 0.455. The first kappa shape index (κ1) is 16.1. The number of fused-ring (bicyclic) bond motifs is 1. The molecule has 0 atom stereocenters. The van der Waals surface area contributed by atoms with Crippen LogP contribution in [0.15, 0.2) is 60.8 Å². The molecule has 0 bridgehead atoms. The molecule has 0 spiro atoms. The van der Waals surface area contributed by atoms with Crippen molar-refractivity contribution in [3.8, 4) is 11.1 Å². The van der Waals surface area contributed by atoms with Gasteiger partial charge in [-0.05, 0) is 30.7 Å². The molecule has 0 radical (unpaired) electrons. The molecular weight excluding hydrogens is 350 g/mol. The largest absolute Gasteiger partial charge is 0.379 e. The van der Waals surface area contributed by atoms with Crippen LogP contribution in [0.25, 0.3) is 21.3 Å². The molecule has 25 heavy (non-hydrogen) atoms. The van der Waals surface area contributed by atoms with E-state index in [2.05, 4.69) is 46.5 Å². The van der Waals surface area contributed by atoms with E-state index in [-0.39, 0.29) is 0 Å². The summed E-state index contributed by atoms with van der Waals surface area (Å²) in [5, 5.41) is 5.10. The number of halogens is 1. The van der Waals surface area contributed by atoms with Crippen molar-refractivity contribution in [3.63, 3.8) is 0 Å². The monoisotopic (exact) mass is 365 g/mol. The second-order valence-corrected chi connectivity index (χ2v) is 7.34. The zero-order chi connectivity index (χ0) is 17.2. The van der Waals surface area contributed by atoms with E-state index >= 15 is 0 Å². The summed E-state index contributed by atoms with van der Waals surface area (Å²) in [6, 6.07) is 18.2. The van der Waals surface area contributed by atoms with Crippen LogP contribution in [0.3, 0.4) is 0 Å². The fraction of sp³-hybridized carbons (Fsp3) is 0.100. The number of aromatic nitrogens is 2. The van der Waals surface area contributed by atoms with Gasteiger partial charge < -0.3 is 5.32 Å². The highest BCUT2D eigenvalue weighted by molar-refractivity contribution is 7.19. The first-order valence-electron chi connectivity index (χ1n) is 8.01. The number of rotatable bonds is 4. The number of nitrogens with one attached hydrogen (secondary N) is 1. The summed E-state index contributed by atoms with van der Waals surface area (Å²) < 4.78 is 0. The summed E-state index contributed by atoms with van der Waals surface area (Å²) >= 11 is 7.93. The lowest BCUT2D eigenvalue weighted by Crippen LogP contribution is -2.02. The second kappa shape index (κ2) is 6.82. The normalized spacial score (nSPS) is 11.0. The summed E-state index contributed by atoms with van der Waals surface area (Å²) in [4.78, 5) is 11.1. The Kier molecular flexibility index (Phi) is 4.38. The van der Waals surface area contributed by atoms with Gasteiger partial charge in [0.2, 0.25) is 0 Å². The van der Waals surface area contributed by atoms with E-state index in [0.717, 1.165) is 21.6 Å². The highest BCUT2D eigenvalue weighted by Crippen LogP contribution is 2.42. The Balaban J connectivity index is 1.83. The molecule has 1 N–H and O–H groups in total.